The Morgan fingerprint density at radius 1 is 1.00 bits per heavy atom. The van der Waals surface area contributed by atoms with Crippen molar-refractivity contribution in [2.24, 2.45) is 4.99 Å². The van der Waals surface area contributed by atoms with Crippen molar-refractivity contribution in [3.63, 3.8) is 0 Å². The zero-order valence-corrected chi connectivity index (χ0v) is 22.4. The first-order chi connectivity index (χ1) is 18.4. The number of benzene rings is 3. The van der Waals surface area contributed by atoms with Crippen LogP contribution in [0.5, 0.6) is 5.88 Å². The summed E-state index contributed by atoms with van der Waals surface area (Å²) < 4.78 is 0. The maximum absolute atomic E-state index is 13.0. The Morgan fingerprint density at radius 2 is 1.68 bits per heavy atom. The molecule has 1 aliphatic rings. The molecular weight excluding hydrogens is 498 g/mol. The van der Waals surface area contributed by atoms with Crippen LogP contribution in [0.1, 0.15) is 18.1 Å². The van der Waals surface area contributed by atoms with Gasteiger partial charge in [0.2, 0.25) is 5.91 Å². The molecule has 1 fully saturated rings. The SMILES string of the molecule is CCN1CCN(CC(=O)N(C)c2ccc(N=C(c3ccccc3)c3c(O)[nH]c4cc(Cl)ccc34)cc2)CC1. The standard InChI is InChI=1S/C30H32ClN5O2/c1-3-35-15-17-36(18-16-35)20-27(37)34(2)24-12-10-23(11-13-24)32-29(21-7-5-4-6-8-21)28-25-14-9-22(31)19-26(25)33-30(28)38/h4-14,19,33,38H,3,15-18,20H2,1-2H3. The van der Waals surface area contributed by atoms with Gasteiger partial charge in [-0.15, -0.1) is 0 Å². The van der Waals surface area contributed by atoms with Crippen molar-refractivity contribution in [3.8, 4) is 5.88 Å². The zero-order valence-electron chi connectivity index (χ0n) is 21.7. The van der Waals surface area contributed by atoms with Crippen LogP contribution in [-0.4, -0.2) is 77.8 Å². The van der Waals surface area contributed by atoms with Crippen molar-refractivity contribution in [2.45, 2.75) is 6.92 Å². The third-order valence-electron chi connectivity index (χ3n) is 7.15. The smallest absolute Gasteiger partial charge is 0.240 e. The van der Waals surface area contributed by atoms with Crippen LogP contribution in [0.15, 0.2) is 77.8 Å². The van der Waals surface area contributed by atoms with E-state index in [0.717, 1.165) is 54.9 Å². The van der Waals surface area contributed by atoms with E-state index in [1.54, 1.807) is 17.0 Å². The van der Waals surface area contributed by atoms with Gasteiger partial charge in [0.25, 0.3) is 0 Å². The minimum Gasteiger partial charge on any atom is -0.494 e. The van der Waals surface area contributed by atoms with E-state index < -0.39 is 0 Å². The third-order valence-corrected chi connectivity index (χ3v) is 7.38. The summed E-state index contributed by atoms with van der Waals surface area (Å²) in [6.45, 7) is 7.47. The van der Waals surface area contributed by atoms with Gasteiger partial charge in [0, 0.05) is 54.9 Å². The van der Waals surface area contributed by atoms with Gasteiger partial charge in [-0.3, -0.25) is 9.69 Å². The first kappa shape index (κ1) is 26.0. The second-order valence-electron chi connectivity index (χ2n) is 9.54. The number of carbonyl (C=O) groups excluding carboxylic acids is 1. The number of hydrogen-bond donors (Lipinski definition) is 2. The molecular formula is C30H32ClN5O2. The van der Waals surface area contributed by atoms with E-state index in [-0.39, 0.29) is 11.8 Å². The third kappa shape index (κ3) is 5.60. The molecule has 2 N–H and O–H groups in total. The van der Waals surface area contributed by atoms with Crippen LogP contribution in [0, 0.1) is 0 Å². The van der Waals surface area contributed by atoms with Gasteiger partial charge in [-0.25, -0.2) is 4.99 Å². The Morgan fingerprint density at radius 3 is 2.37 bits per heavy atom. The number of likely N-dealkylation sites (N-methyl/N-ethyl adjacent to an activating group) is 2. The summed E-state index contributed by atoms with van der Waals surface area (Å²) in [6.07, 6.45) is 0. The quantitative estimate of drug-likeness (QED) is 0.319. The molecule has 7 nitrogen and oxygen atoms in total. The molecule has 3 aromatic carbocycles. The number of halogens is 1. The van der Waals surface area contributed by atoms with Crippen LogP contribution < -0.4 is 4.90 Å². The summed E-state index contributed by atoms with van der Waals surface area (Å²) >= 11 is 6.17. The van der Waals surface area contributed by atoms with Crippen LogP contribution in [0.3, 0.4) is 0 Å². The molecule has 0 spiro atoms. The number of aliphatic imine (C=N–C) groups is 1. The lowest BCUT2D eigenvalue weighted by Crippen LogP contribution is -2.49. The highest BCUT2D eigenvalue weighted by Crippen LogP contribution is 2.33. The van der Waals surface area contributed by atoms with E-state index in [0.29, 0.717) is 28.5 Å². The number of hydrogen-bond acceptors (Lipinski definition) is 5. The topological polar surface area (TPSA) is 75.2 Å². The number of fused-ring (bicyclic) bond motifs is 1. The first-order valence-corrected chi connectivity index (χ1v) is 13.3. The number of anilines is 1. The van der Waals surface area contributed by atoms with Crippen molar-refractivity contribution in [3.05, 3.63) is 88.9 Å². The van der Waals surface area contributed by atoms with Gasteiger partial charge < -0.3 is 19.9 Å². The summed E-state index contributed by atoms with van der Waals surface area (Å²) in [6, 6.07) is 22.8. The highest BCUT2D eigenvalue weighted by molar-refractivity contribution is 6.31. The van der Waals surface area contributed by atoms with Gasteiger partial charge in [0.05, 0.1) is 29.0 Å². The Labute approximate surface area is 228 Å². The monoisotopic (exact) mass is 529 g/mol. The van der Waals surface area contributed by atoms with Gasteiger partial charge in [-0.05, 0) is 42.9 Å². The molecule has 8 heteroatoms. The maximum Gasteiger partial charge on any atom is 0.240 e. The highest BCUT2D eigenvalue weighted by Gasteiger charge is 2.21. The predicted molar refractivity (Wildman–Crippen MR) is 155 cm³/mol. The molecule has 38 heavy (non-hydrogen) atoms. The van der Waals surface area contributed by atoms with E-state index in [9.17, 15) is 9.90 Å². The number of rotatable bonds is 7. The number of carbonyl (C=O) groups is 1. The number of piperazine rings is 1. The maximum atomic E-state index is 13.0. The lowest BCUT2D eigenvalue weighted by Gasteiger charge is -2.34. The molecule has 0 aliphatic carbocycles. The summed E-state index contributed by atoms with van der Waals surface area (Å²) in [5, 5.41) is 12.3. The lowest BCUT2D eigenvalue weighted by atomic mass is 10.0. The Balaban J connectivity index is 1.40. The molecule has 4 aromatic rings. The van der Waals surface area contributed by atoms with Gasteiger partial charge in [-0.2, -0.15) is 0 Å². The average molecular weight is 530 g/mol. The number of nitrogens with one attached hydrogen (secondary N) is 1. The second-order valence-corrected chi connectivity index (χ2v) is 9.98. The average Bonchev–Trinajstić information content (AvgIpc) is 3.26. The molecule has 196 valence electrons. The first-order valence-electron chi connectivity index (χ1n) is 12.9. The van der Waals surface area contributed by atoms with Crippen LogP contribution in [0.25, 0.3) is 10.9 Å². The minimum atomic E-state index is 0.0339. The fraction of sp³-hybridized carbons (Fsp3) is 0.267. The second kappa shape index (κ2) is 11.4. The van der Waals surface area contributed by atoms with Gasteiger partial charge in [0.15, 0.2) is 5.88 Å². The summed E-state index contributed by atoms with van der Waals surface area (Å²) in [5.74, 6) is 0.102. The van der Waals surface area contributed by atoms with Crippen molar-refractivity contribution < 1.29 is 9.90 Å². The molecule has 1 saturated heterocycles. The number of H-pyrrole nitrogens is 1. The Bertz CT molecular complexity index is 1440. The largest absolute Gasteiger partial charge is 0.494 e. The normalized spacial score (nSPS) is 15.2. The van der Waals surface area contributed by atoms with Crippen molar-refractivity contribution >= 4 is 45.5 Å². The molecule has 2 heterocycles. The molecule has 0 saturated carbocycles. The van der Waals surface area contributed by atoms with Gasteiger partial charge >= 0.3 is 0 Å². The van der Waals surface area contributed by atoms with Crippen molar-refractivity contribution in [1.82, 2.24) is 14.8 Å². The van der Waals surface area contributed by atoms with E-state index in [4.69, 9.17) is 16.6 Å². The van der Waals surface area contributed by atoms with E-state index >= 15 is 0 Å². The number of aromatic hydroxyl groups is 1. The molecule has 0 radical (unpaired) electrons. The van der Waals surface area contributed by atoms with Crippen LogP contribution in [-0.2, 0) is 4.79 Å². The minimum absolute atomic E-state index is 0.0339. The molecule has 1 aliphatic heterocycles. The van der Waals surface area contributed by atoms with Crippen LogP contribution in [0.4, 0.5) is 11.4 Å². The number of nitrogens with zero attached hydrogens (tertiary/aromatic N) is 4. The Hall–Kier alpha value is -3.65. The van der Waals surface area contributed by atoms with E-state index in [2.05, 4.69) is 21.7 Å². The molecule has 0 atom stereocenters. The van der Waals surface area contributed by atoms with Crippen LogP contribution in [0.2, 0.25) is 5.02 Å². The summed E-state index contributed by atoms with van der Waals surface area (Å²) in [5.41, 5.74) is 4.39. The fourth-order valence-electron chi connectivity index (χ4n) is 4.84. The molecule has 0 unspecified atom stereocenters. The molecule has 1 aromatic heterocycles. The van der Waals surface area contributed by atoms with Crippen LogP contribution >= 0.6 is 11.6 Å². The number of aromatic nitrogens is 1. The lowest BCUT2D eigenvalue weighted by molar-refractivity contribution is -0.119. The molecule has 1 amide bonds. The van der Waals surface area contributed by atoms with Gasteiger partial charge in [0.1, 0.15) is 0 Å². The van der Waals surface area contributed by atoms with Crippen molar-refractivity contribution in [2.75, 3.05) is 51.2 Å². The molecule has 0 bridgehead atoms. The highest BCUT2D eigenvalue weighted by atomic mass is 35.5. The zero-order chi connectivity index (χ0) is 26.6. The Kier molecular flexibility index (Phi) is 7.79. The van der Waals surface area contributed by atoms with E-state index in [1.807, 2.05) is 67.7 Å². The predicted octanol–water partition coefficient (Wildman–Crippen LogP) is 5.30. The number of aromatic amines is 1. The fourth-order valence-corrected chi connectivity index (χ4v) is 5.01. The van der Waals surface area contributed by atoms with E-state index in [1.165, 1.54) is 0 Å². The molecule has 5 rings (SSSR count). The van der Waals surface area contributed by atoms with Crippen molar-refractivity contribution in [1.29, 1.82) is 0 Å². The summed E-state index contributed by atoms with van der Waals surface area (Å²) in [7, 11) is 1.81. The van der Waals surface area contributed by atoms with Gasteiger partial charge in [-0.1, -0.05) is 54.9 Å². The number of amides is 1. The summed E-state index contributed by atoms with van der Waals surface area (Å²) in [4.78, 5) is 27.2.